The molecule has 0 aliphatic carbocycles. The molecule has 75 valence electrons. The summed E-state index contributed by atoms with van der Waals surface area (Å²) in [5.41, 5.74) is 0. The van der Waals surface area contributed by atoms with Crippen LogP contribution in [0.4, 0.5) is 13.2 Å². The molecule has 0 aromatic carbocycles. The van der Waals surface area contributed by atoms with Crippen LogP contribution in [0.25, 0.3) is 0 Å². The van der Waals surface area contributed by atoms with Gasteiger partial charge in [0.1, 0.15) is 0 Å². The van der Waals surface area contributed by atoms with Crippen molar-refractivity contribution in [2.45, 2.75) is 25.4 Å². The van der Waals surface area contributed by atoms with E-state index in [1.807, 2.05) is 0 Å². The number of halogens is 3. The Balaban J connectivity index is 3.28. The van der Waals surface area contributed by atoms with Crippen molar-refractivity contribution >= 4 is 0 Å². The summed E-state index contributed by atoms with van der Waals surface area (Å²) in [5, 5.41) is 0. The van der Waals surface area contributed by atoms with Gasteiger partial charge in [-0.25, -0.2) is 0 Å². The fraction of sp³-hybridized carbons (Fsp3) is 0.667. The summed E-state index contributed by atoms with van der Waals surface area (Å²) >= 11 is 0. The molecule has 0 bridgehead atoms. The van der Waals surface area contributed by atoms with Crippen molar-refractivity contribution < 1.29 is 17.9 Å². The van der Waals surface area contributed by atoms with E-state index in [0.29, 0.717) is 19.6 Å². The summed E-state index contributed by atoms with van der Waals surface area (Å²) < 4.78 is 39.3. The molecule has 13 heavy (non-hydrogen) atoms. The first-order valence-electron chi connectivity index (χ1n) is 4.00. The van der Waals surface area contributed by atoms with Crippen molar-refractivity contribution in [3.63, 3.8) is 0 Å². The van der Waals surface area contributed by atoms with Crippen LogP contribution in [-0.4, -0.2) is 19.4 Å². The summed E-state index contributed by atoms with van der Waals surface area (Å²) in [6.45, 7) is 4.39. The lowest BCUT2D eigenvalue weighted by molar-refractivity contribution is -0.0697. The maximum absolute atomic E-state index is 11.5. The van der Waals surface area contributed by atoms with Gasteiger partial charge in [-0.2, -0.15) is 13.2 Å². The summed E-state index contributed by atoms with van der Waals surface area (Å²) in [4.78, 5) is 0. The van der Waals surface area contributed by atoms with E-state index in [1.165, 1.54) is 5.92 Å². The molecular formula is C9H12F3O. The lowest BCUT2D eigenvalue weighted by atomic mass is 10.2. The molecule has 0 aliphatic heterocycles. The first kappa shape index (κ1) is 12.3. The number of hydrogen-bond acceptors (Lipinski definition) is 1. The average molecular weight is 193 g/mol. The Morgan fingerprint density at radius 3 is 2.46 bits per heavy atom. The fourth-order valence-electron chi connectivity index (χ4n) is 0.682. The highest BCUT2D eigenvalue weighted by Gasteiger charge is 2.22. The summed E-state index contributed by atoms with van der Waals surface area (Å²) in [5.74, 6) is 3.27. The molecule has 0 amide bonds. The Kier molecular flexibility index (Phi) is 6.43. The third-order valence-electron chi connectivity index (χ3n) is 1.21. The van der Waals surface area contributed by atoms with Gasteiger partial charge in [0.2, 0.25) is 0 Å². The Hall–Kier alpha value is -0.690. The van der Waals surface area contributed by atoms with Gasteiger partial charge < -0.3 is 4.74 Å². The molecule has 0 rings (SSSR count). The van der Waals surface area contributed by atoms with Crippen molar-refractivity contribution in [2.75, 3.05) is 13.2 Å². The lowest BCUT2D eigenvalue weighted by Crippen LogP contribution is -2.01. The van der Waals surface area contributed by atoms with Crippen molar-refractivity contribution in [2.24, 2.45) is 0 Å². The van der Waals surface area contributed by atoms with Crippen LogP contribution >= 0.6 is 0 Å². The van der Waals surface area contributed by atoms with E-state index >= 15 is 0 Å². The number of hydrogen-bond donors (Lipinski definition) is 0. The minimum absolute atomic E-state index is 0.264. The molecule has 0 unspecified atom stereocenters. The van der Waals surface area contributed by atoms with E-state index in [1.54, 1.807) is 0 Å². The highest BCUT2D eigenvalue weighted by molar-refractivity contribution is 5.04. The van der Waals surface area contributed by atoms with Crippen molar-refractivity contribution in [1.29, 1.82) is 0 Å². The SMILES string of the molecule is [CH2]COCCCCC#CC(F)(F)F. The lowest BCUT2D eigenvalue weighted by Gasteiger charge is -1.97. The monoisotopic (exact) mass is 193 g/mol. The zero-order valence-electron chi connectivity index (χ0n) is 7.28. The van der Waals surface area contributed by atoms with E-state index < -0.39 is 6.18 Å². The van der Waals surface area contributed by atoms with E-state index in [9.17, 15) is 13.2 Å². The van der Waals surface area contributed by atoms with Crippen LogP contribution < -0.4 is 0 Å². The van der Waals surface area contributed by atoms with Crippen LogP contribution in [0.3, 0.4) is 0 Å². The van der Waals surface area contributed by atoms with Crippen molar-refractivity contribution in [1.82, 2.24) is 0 Å². The zero-order valence-corrected chi connectivity index (χ0v) is 7.28. The van der Waals surface area contributed by atoms with Crippen LogP contribution in [0.1, 0.15) is 19.3 Å². The number of alkyl halides is 3. The van der Waals surface area contributed by atoms with Crippen molar-refractivity contribution in [3.05, 3.63) is 6.92 Å². The predicted octanol–water partition coefficient (Wildman–Crippen LogP) is 2.57. The molecule has 0 aromatic heterocycles. The molecule has 1 radical (unpaired) electrons. The number of ether oxygens (including phenoxy) is 1. The Morgan fingerprint density at radius 2 is 1.92 bits per heavy atom. The largest absolute Gasteiger partial charge is 0.457 e. The van der Waals surface area contributed by atoms with Gasteiger partial charge in [-0.15, -0.1) is 0 Å². The Bertz CT molecular complexity index is 176. The third-order valence-corrected chi connectivity index (χ3v) is 1.21. The molecule has 0 aromatic rings. The van der Waals surface area contributed by atoms with Crippen LogP contribution in [0, 0.1) is 18.8 Å². The van der Waals surface area contributed by atoms with Gasteiger partial charge in [0.05, 0.1) is 0 Å². The number of rotatable bonds is 5. The highest BCUT2D eigenvalue weighted by Crippen LogP contribution is 2.12. The van der Waals surface area contributed by atoms with Gasteiger partial charge >= 0.3 is 6.18 Å². The van der Waals surface area contributed by atoms with E-state index in [0.717, 1.165) is 6.42 Å². The molecule has 0 saturated heterocycles. The molecule has 0 fully saturated rings. The molecular weight excluding hydrogens is 181 g/mol. The van der Waals surface area contributed by atoms with Gasteiger partial charge in [-0.3, -0.25) is 0 Å². The van der Waals surface area contributed by atoms with E-state index in [2.05, 4.69) is 12.8 Å². The molecule has 4 heteroatoms. The second-order valence-electron chi connectivity index (χ2n) is 2.37. The van der Waals surface area contributed by atoms with Gasteiger partial charge in [0.15, 0.2) is 0 Å². The molecule has 0 spiro atoms. The van der Waals surface area contributed by atoms with Crippen LogP contribution in [0.2, 0.25) is 0 Å². The van der Waals surface area contributed by atoms with E-state index in [-0.39, 0.29) is 6.42 Å². The first-order chi connectivity index (χ1) is 6.06. The standard InChI is InChI=1S/C9H12F3O/c1-2-13-8-6-4-3-5-7-9(10,11)12/h1-4,6,8H2. The Labute approximate surface area is 76.3 Å². The number of unbranched alkanes of at least 4 members (excludes halogenated alkanes) is 2. The highest BCUT2D eigenvalue weighted by atomic mass is 19.4. The molecule has 1 nitrogen and oxygen atoms in total. The third kappa shape index (κ3) is 11.3. The normalized spacial score (nSPS) is 10.8. The molecule has 0 heterocycles. The van der Waals surface area contributed by atoms with Crippen LogP contribution in [0.5, 0.6) is 0 Å². The smallest absolute Gasteiger partial charge is 0.381 e. The van der Waals surface area contributed by atoms with Gasteiger partial charge in [0.25, 0.3) is 0 Å². The molecule has 0 atom stereocenters. The second kappa shape index (κ2) is 6.79. The Morgan fingerprint density at radius 1 is 1.23 bits per heavy atom. The summed E-state index contributed by atoms with van der Waals surface area (Å²) in [6.07, 6.45) is -2.74. The first-order valence-corrected chi connectivity index (χ1v) is 4.00. The molecule has 0 saturated carbocycles. The van der Waals surface area contributed by atoms with E-state index in [4.69, 9.17) is 4.74 Å². The van der Waals surface area contributed by atoms with Crippen molar-refractivity contribution in [3.8, 4) is 11.8 Å². The van der Waals surface area contributed by atoms with Gasteiger partial charge in [-0.1, -0.05) is 5.92 Å². The topological polar surface area (TPSA) is 9.23 Å². The maximum atomic E-state index is 11.5. The minimum atomic E-state index is -4.36. The zero-order chi connectivity index (χ0) is 10.2. The van der Waals surface area contributed by atoms with Crippen LogP contribution in [-0.2, 0) is 4.74 Å². The second-order valence-corrected chi connectivity index (χ2v) is 2.37. The van der Waals surface area contributed by atoms with Crippen LogP contribution in [0.15, 0.2) is 0 Å². The molecule has 0 N–H and O–H groups in total. The summed E-state index contributed by atoms with van der Waals surface area (Å²) in [7, 11) is 0. The predicted molar refractivity (Wildman–Crippen MR) is 43.9 cm³/mol. The molecule has 0 aliphatic rings. The quantitative estimate of drug-likeness (QED) is 0.481. The minimum Gasteiger partial charge on any atom is -0.381 e. The van der Waals surface area contributed by atoms with Gasteiger partial charge in [0, 0.05) is 25.6 Å². The maximum Gasteiger partial charge on any atom is 0.457 e. The fourth-order valence-corrected chi connectivity index (χ4v) is 0.682. The summed E-state index contributed by atoms with van der Waals surface area (Å²) in [6, 6.07) is 0. The van der Waals surface area contributed by atoms with Gasteiger partial charge in [-0.05, 0) is 19.8 Å². The average Bonchev–Trinajstić information content (AvgIpc) is 2.01.